The predicted octanol–water partition coefficient (Wildman–Crippen LogP) is 2.32. The molecule has 7 heteroatoms. The second-order valence-corrected chi connectivity index (χ2v) is 8.55. The van der Waals surface area contributed by atoms with Crippen molar-refractivity contribution in [3.05, 3.63) is 30.1 Å². The lowest BCUT2D eigenvalue weighted by Crippen LogP contribution is -2.52. The van der Waals surface area contributed by atoms with E-state index in [4.69, 9.17) is 0 Å². The highest BCUT2D eigenvalue weighted by molar-refractivity contribution is 5.92. The first-order valence-corrected chi connectivity index (χ1v) is 10.7. The number of nitrogens with zero attached hydrogens (tertiary/aromatic N) is 2. The number of piperazine rings is 1. The maximum absolute atomic E-state index is 13.2. The van der Waals surface area contributed by atoms with Crippen LogP contribution in [-0.4, -0.2) is 66.9 Å². The standard InChI is InChI=1S/C22H33FN4O2/c1-16-5-3-8-20(17(16)2)25-22(29)15-27-11-9-26(10-12-27)14-21(28)24-19-7-4-6-18(23)13-19/h4,6-7,13,16-17,20H,3,5,8-12,14-15H2,1-2H3,(H,24,28)(H,25,29)/t16-,17+,20-/m0/s1. The molecule has 1 aliphatic heterocycles. The summed E-state index contributed by atoms with van der Waals surface area (Å²) < 4.78 is 13.2. The van der Waals surface area contributed by atoms with Crippen LogP contribution in [0.2, 0.25) is 0 Å². The highest BCUT2D eigenvalue weighted by atomic mass is 19.1. The summed E-state index contributed by atoms with van der Waals surface area (Å²) in [5.41, 5.74) is 0.469. The molecule has 1 aromatic carbocycles. The monoisotopic (exact) mass is 404 g/mol. The first-order valence-electron chi connectivity index (χ1n) is 10.7. The summed E-state index contributed by atoms with van der Waals surface area (Å²) in [6.45, 7) is 8.19. The number of rotatable bonds is 6. The molecule has 6 nitrogen and oxygen atoms in total. The average Bonchev–Trinajstić information content (AvgIpc) is 2.67. The van der Waals surface area contributed by atoms with Gasteiger partial charge in [0.25, 0.3) is 0 Å². The molecule has 0 bridgehead atoms. The average molecular weight is 405 g/mol. The van der Waals surface area contributed by atoms with E-state index in [2.05, 4.69) is 34.3 Å². The fourth-order valence-corrected chi connectivity index (χ4v) is 4.32. The van der Waals surface area contributed by atoms with Crippen LogP contribution in [0.25, 0.3) is 0 Å². The Kier molecular flexibility index (Phi) is 7.61. The molecule has 3 rings (SSSR count). The predicted molar refractivity (Wildman–Crippen MR) is 112 cm³/mol. The van der Waals surface area contributed by atoms with E-state index in [1.807, 2.05) is 0 Å². The molecular weight excluding hydrogens is 371 g/mol. The van der Waals surface area contributed by atoms with E-state index in [0.29, 0.717) is 30.1 Å². The molecule has 29 heavy (non-hydrogen) atoms. The molecule has 1 saturated carbocycles. The van der Waals surface area contributed by atoms with Crippen LogP contribution in [0, 0.1) is 17.7 Å². The third-order valence-electron chi connectivity index (χ3n) is 6.36. The van der Waals surface area contributed by atoms with Gasteiger partial charge in [-0.15, -0.1) is 0 Å². The fraction of sp³-hybridized carbons (Fsp3) is 0.636. The first kappa shape index (κ1) is 21.7. The number of halogens is 1. The molecule has 1 saturated heterocycles. The molecule has 160 valence electrons. The van der Waals surface area contributed by atoms with Crippen LogP contribution in [0.15, 0.2) is 24.3 Å². The highest BCUT2D eigenvalue weighted by Crippen LogP contribution is 2.29. The minimum Gasteiger partial charge on any atom is -0.352 e. The maximum atomic E-state index is 13.2. The van der Waals surface area contributed by atoms with Crippen molar-refractivity contribution in [1.29, 1.82) is 0 Å². The largest absolute Gasteiger partial charge is 0.352 e. The molecule has 3 atom stereocenters. The van der Waals surface area contributed by atoms with E-state index in [0.717, 1.165) is 32.6 Å². The van der Waals surface area contributed by atoms with Crippen LogP contribution in [0.4, 0.5) is 10.1 Å². The van der Waals surface area contributed by atoms with Crippen molar-refractivity contribution in [3.63, 3.8) is 0 Å². The maximum Gasteiger partial charge on any atom is 0.238 e. The van der Waals surface area contributed by atoms with Crippen LogP contribution in [0.3, 0.4) is 0 Å². The zero-order valence-corrected chi connectivity index (χ0v) is 17.5. The molecule has 0 radical (unpaired) electrons. The third-order valence-corrected chi connectivity index (χ3v) is 6.36. The van der Waals surface area contributed by atoms with Gasteiger partial charge in [0.1, 0.15) is 5.82 Å². The van der Waals surface area contributed by atoms with Gasteiger partial charge in [0.05, 0.1) is 13.1 Å². The van der Waals surface area contributed by atoms with Crippen molar-refractivity contribution in [2.45, 2.75) is 39.2 Å². The quantitative estimate of drug-likeness (QED) is 0.764. The summed E-state index contributed by atoms with van der Waals surface area (Å²) >= 11 is 0. The Bertz CT molecular complexity index is 706. The van der Waals surface area contributed by atoms with Gasteiger partial charge in [-0.25, -0.2) is 4.39 Å². The summed E-state index contributed by atoms with van der Waals surface area (Å²) in [4.78, 5) is 28.8. The molecule has 0 aromatic heterocycles. The zero-order valence-electron chi connectivity index (χ0n) is 17.5. The summed E-state index contributed by atoms with van der Waals surface area (Å²) in [6.07, 6.45) is 3.51. The molecular formula is C22H33FN4O2. The van der Waals surface area contributed by atoms with Gasteiger partial charge in [-0.05, 0) is 36.5 Å². The fourth-order valence-electron chi connectivity index (χ4n) is 4.32. The van der Waals surface area contributed by atoms with Gasteiger partial charge in [-0.3, -0.25) is 19.4 Å². The van der Waals surface area contributed by atoms with Gasteiger partial charge in [0, 0.05) is 37.9 Å². The number of hydrogen-bond acceptors (Lipinski definition) is 4. The SMILES string of the molecule is C[C@H]1[C@@H](NC(=O)CN2CCN(CC(=O)Nc3cccc(F)c3)CC2)CCC[C@@H]1C. The van der Waals surface area contributed by atoms with Crippen molar-refractivity contribution in [3.8, 4) is 0 Å². The number of anilines is 1. The number of carbonyl (C=O) groups excluding carboxylic acids is 2. The van der Waals surface area contributed by atoms with E-state index in [1.165, 1.54) is 25.0 Å². The summed E-state index contributed by atoms with van der Waals surface area (Å²) in [5, 5.41) is 5.96. The van der Waals surface area contributed by atoms with Crippen LogP contribution in [0.1, 0.15) is 33.1 Å². The normalized spacial score (nSPS) is 26.1. The Labute approximate surface area is 172 Å². The summed E-state index contributed by atoms with van der Waals surface area (Å²) in [6, 6.07) is 6.19. The zero-order chi connectivity index (χ0) is 20.8. The summed E-state index contributed by atoms with van der Waals surface area (Å²) in [7, 11) is 0. The van der Waals surface area contributed by atoms with Crippen LogP contribution in [-0.2, 0) is 9.59 Å². The number of nitrogens with one attached hydrogen (secondary N) is 2. The Balaban J connectivity index is 1.36. The van der Waals surface area contributed by atoms with E-state index in [1.54, 1.807) is 12.1 Å². The van der Waals surface area contributed by atoms with Gasteiger partial charge in [0.2, 0.25) is 11.8 Å². The lowest BCUT2D eigenvalue weighted by molar-refractivity contribution is -0.124. The Hall–Kier alpha value is -1.99. The van der Waals surface area contributed by atoms with Crippen molar-refractivity contribution < 1.29 is 14.0 Å². The Morgan fingerprint density at radius 1 is 1.03 bits per heavy atom. The molecule has 2 aliphatic rings. The molecule has 2 N–H and O–H groups in total. The van der Waals surface area contributed by atoms with E-state index in [-0.39, 0.29) is 24.2 Å². The van der Waals surface area contributed by atoms with Crippen LogP contribution in [0.5, 0.6) is 0 Å². The van der Waals surface area contributed by atoms with E-state index < -0.39 is 0 Å². The minimum atomic E-state index is -0.369. The number of benzene rings is 1. The van der Waals surface area contributed by atoms with Crippen molar-refractivity contribution in [2.24, 2.45) is 11.8 Å². The molecule has 2 amide bonds. The molecule has 1 heterocycles. The molecule has 0 spiro atoms. The third kappa shape index (κ3) is 6.51. The van der Waals surface area contributed by atoms with Crippen LogP contribution >= 0.6 is 0 Å². The van der Waals surface area contributed by atoms with Crippen LogP contribution < -0.4 is 10.6 Å². The number of carbonyl (C=O) groups is 2. The lowest BCUT2D eigenvalue weighted by atomic mass is 9.78. The van der Waals surface area contributed by atoms with Gasteiger partial charge in [-0.2, -0.15) is 0 Å². The smallest absolute Gasteiger partial charge is 0.238 e. The van der Waals surface area contributed by atoms with Gasteiger partial charge >= 0.3 is 0 Å². The van der Waals surface area contributed by atoms with Gasteiger partial charge in [-0.1, -0.05) is 32.8 Å². The highest BCUT2D eigenvalue weighted by Gasteiger charge is 2.29. The van der Waals surface area contributed by atoms with Gasteiger partial charge < -0.3 is 10.6 Å². The van der Waals surface area contributed by atoms with E-state index >= 15 is 0 Å². The second-order valence-electron chi connectivity index (χ2n) is 8.55. The molecule has 1 aromatic rings. The first-order chi connectivity index (χ1) is 13.9. The number of hydrogen-bond donors (Lipinski definition) is 2. The lowest BCUT2D eigenvalue weighted by Gasteiger charge is -2.36. The second kappa shape index (κ2) is 10.2. The molecule has 1 aliphatic carbocycles. The summed E-state index contributed by atoms with van der Waals surface area (Å²) in [5.74, 6) is 0.777. The van der Waals surface area contributed by atoms with E-state index in [9.17, 15) is 14.0 Å². The van der Waals surface area contributed by atoms with Crippen molar-refractivity contribution >= 4 is 17.5 Å². The minimum absolute atomic E-state index is 0.105. The number of amides is 2. The Morgan fingerprint density at radius 2 is 1.69 bits per heavy atom. The van der Waals surface area contributed by atoms with Gasteiger partial charge in [0.15, 0.2) is 0 Å². The Morgan fingerprint density at radius 3 is 2.34 bits per heavy atom. The van der Waals surface area contributed by atoms with Crippen molar-refractivity contribution in [2.75, 3.05) is 44.6 Å². The molecule has 0 unspecified atom stereocenters. The van der Waals surface area contributed by atoms with Crippen molar-refractivity contribution in [1.82, 2.24) is 15.1 Å². The topological polar surface area (TPSA) is 64.7 Å². The molecule has 2 fully saturated rings.